The van der Waals surface area contributed by atoms with Gasteiger partial charge in [0.05, 0.1) is 19.8 Å². The van der Waals surface area contributed by atoms with E-state index in [0.29, 0.717) is 32.1 Å². The van der Waals surface area contributed by atoms with Crippen LogP contribution in [0.3, 0.4) is 0 Å². The largest absolute Gasteiger partial charge is 0.493 e. The maximum absolute atomic E-state index is 13.0. The van der Waals surface area contributed by atoms with Gasteiger partial charge in [-0.15, -0.1) is 0 Å². The van der Waals surface area contributed by atoms with Crippen LogP contribution >= 0.6 is 0 Å². The van der Waals surface area contributed by atoms with Crippen LogP contribution in [0.2, 0.25) is 0 Å². The number of anilines is 1. The van der Waals surface area contributed by atoms with E-state index in [2.05, 4.69) is 26.0 Å². The summed E-state index contributed by atoms with van der Waals surface area (Å²) < 4.78 is 11.0. The number of amides is 1. The molecule has 5 nitrogen and oxygen atoms in total. The van der Waals surface area contributed by atoms with E-state index in [9.17, 15) is 9.59 Å². The fraction of sp³-hybridized carbons (Fsp3) is 0.462. The van der Waals surface area contributed by atoms with Gasteiger partial charge >= 0.3 is 5.97 Å². The van der Waals surface area contributed by atoms with Crippen LogP contribution in [0.15, 0.2) is 42.5 Å². The Hall–Kier alpha value is -2.82. The molecule has 0 aliphatic carbocycles. The van der Waals surface area contributed by atoms with E-state index >= 15 is 0 Å². The van der Waals surface area contributed by atoms with Crippen LogP contribution < -0.4 is 9.64 Å². The van der Waals surface area contributed by atoms with Crippen molar-refractivity contribution < 1.29 is 19.1 Å². The van der Waals surface area contributed by atoms with Crippen molar-refractivity contribution >= 4 is 17.6 Å². The Balaban J connectivity index is 1.54. The van der Waals surface area contributed by atoms with E-state index in [1.54, 1.807) is 0 Å². The molecule has 0 fully saturated rings. The molecule has 2 aromatic carbocycles. The molecule has 0 atom stereocenters. The van der Waals surface area contributed by atoms with E-state index in [-0.39, 0.29) is 11.9 Å². The van der Waals surface area contributed by atoms with Gasteiger partial charge in [-0.2, -0.15) is 0 Å². The highest BCUT2D eigenvalue weighted by atomic mass is 16.5. The van der Waals surface area contributed by atoms with Crippen molar-refractivity contribution in [2.45, 2.75) is 65.3 Å². The molecule has 166 valence electrons. The lowest BCUT2D eigenvalue weighted by molar-refractivity contribution is -0.143. The van der Waals surface area contributed by atoms with Crippen molar-refractivity contribution in [3.05, 3.63) is 59.2 Å². The van der Waals surface area contributed by atoms with Crippen molar-refractivity contribution in [1.29, 1.82) is 0 Å². The normalized spacial score (nSPS) is 12.9. The Morgan fingerprint density at radius 1 is 1.06 bits per heavy atom. The number of unbranched alkanes of at least 4 members (excludes halogenated alkanes) is 3. The number of carbonyl (C=O) groups is 2. The number of nitrogens with zero attached hydrogens (tertiary/aromatic N) is 1. The van der Waals surface area contributed by atoms with Gasteiger partial charge in [-0.3, -0.25) is 9.59 Å². The predicted octanol–water partition coefficient (Wildman–Crippen LogP) is 5.86. The molecule has 2 aromatic rings. The first kappa shape index (κ1) is 22.9. The smallest absolute Gasteiger partial charge is 0.305 e. The summed E-state index contributed by atoms with van der Waals surface area (Å²) in [6, 6.07) is 13.9. The molecule has 5 heteroatoms. The van der Waals surface area contributed by atoms with Crippen molar-refractivity contribution in [2.24, 2.45) is 0 Å². The molecule has 1 aliphatic heterocycles. The molecular weight excluding hydrogens is 390 g/mol. The fourth-order valence-corrected chi connectivity index (χ4v) is 3.84. The third-order valence-electron chi connectivity index (χ3n) is 5.61. The zero-order valence-corrected chi connectivity index (χ0v) is 18.9. The Labute approximate surface area is 185 Å². The summed E-state index contributed by atoms with van der Waals surface area (Å²) in [7, 11) is 0. The van der Waals surface area contributed by atoms with Gasteiger partial charge in [0.1, 0.15) is 5.75 Å². The zero-order chi connectivity index (χ0) is 22.2. The summed E-state index contributed by atoms with van der Waals surface area (Å²) >= 11 is 0. The monoisotopic (exact) mass is 423 g/mol. The molecule has 0 unspecified atom stereocenters. The first-order valence-electron chi connectivity index (χ1n) is 11.3. The molecule has 0 bridgehead atoms. The number of rotatable bonds is 11. The third-order valence-corrected chi connectivity index (χ3v) is 5.61. The minimum Gasteiger partial charge on any atom is -0.493 e. The van der Waals surface area contributed by atoms with Gasteiger partial charge in [-0.1, -0.05) is 44.9 Å². The van der Waals surface area contributed by atoms with E-state index in [0.717, 1.165) is 48.2 Å². The summed E-state index contributed by atoms with van der Waals surface area (Å²) in [5.41, 5.74) is 3.84. The molecule has 3 rings (SSSR count). The maximum Gasteiger partial charge on any atom is 0.305 e. The van der Waals surface area contributed by atoms with Crippen molar-refractivity contribution in [1.82, 2.24) is 0 Å². The standard InChI is InChI=1S/C26H33NO4/c1-4-30-25(28)15-7-5-6-8-16-31-24-14-10-13-22-23(24)18-27(26(22)29)21-12-9-11-20(17-21)19(2)3/h9-14,17,19H,4-8,15-16,18H2,1-3H3. The Morgan fingerprint density at radius 2 is 1.84 bits per heavy atom. The third kappa shape index (κ3) is 5.87. The number of carbonyl (C=O) groups excluding carboxylic acids is 2. The van der Waals surface area contributed by atoms with Gasteiger partial charge < -0.3 is 14.4 Å². The zero-order valence-electron chi connectivity index (χ0n) is 18.9. The summed E-state index contributed by atoms with van der Waals surface area (Å²) in [5, 5.41) is 0. The first-order valence-corrected chi connectivity index (χ1v) is 11.3. The Morgan fingerprint density at radius 3 is 2.61 bits per heavy atom. The molecule has 1 aliphatic rings. The molecule has 0 saturated carbocycles. The second-order valence-corrected chi connectivity index (χ2v) is 8.24. The highest BCUT2D eigenvalue weighted by Gasteiger charge is 2.31. The van der Waals surface area contributed by atoms with Crippen LogP contribution in [0.4, 0.5) is 5.69 Å². The quantitative estimate of drug-likeness (QED) is 0.335. The van der Waals surface area contributed by atoms with E-state index in [1.807, 2.05) is 42.2 Å². The van der Waals surface area contributed by atoms with Crippen LogP contribution in [0, 0.1) is 0 Å². The highest BCUT2D eigenvalue weighted by Crippen LogP contribution is 2.35. The Bertz CT molecular complexity index is 906. The lowest BCUT2D eigenvalue weighted by atomic mass is 10.0. The average Bonchev–Trinajstić information content (AvgIpc) is 3.11. The predicted molar refractivity (Wildman–Crippen MR) is 123 cm³/mol. The summed E-state index contributed by atoms with van der Waals surface area (Å²) in [4.78, 5) is 26.2. The van der Waals surface area contributed by atoms with Crippen molar-refractivity contribution in [3.63, 3.8) is 0 Å². The van der Waals surface area contributed by atoms with Gasteiger partial charge in [0.25, 0.3) is 5.91 Å². The van der Waals surface area contributed by atoms with Gasteiger partial charge in [0, 0.05) is 23.2 Å². The SMILES string of the molecule is CCOC(=O)CCCCCCOc1cccc2c1CN(c1cccc(C(C)C)c1)C2=O. The van der Waals surface area contributed by atoms with Gasteiger partial charge in [0.15, 0.2) is 0 Å². The van der Waals surface area contributed by atoms with Crippen LogP contribution in [0.5, 0.6) is 5.75 Å². The van der Waals surface area contributed by atoms with Gasteiger partial charge in [-0.05, 0) is 55.5 Å². The van der Waals surface area contributed by atoms with Gasteiger partial charge in [-0.25, -0.2) is 0 Å². The molecule has 0 aromatic heterocycles. The number of hydrogen-bond acceptors (Lipinski definition) is 4. The van der Waals surface area contributed by atoms with Crippen molar-refractivity contribution in [3.8, 4) is 5.75 Å². The molecule has 0 spiro atoms. The van der Waals surface area contributed by atoms with Gasteiger partial charge in [0.2, 0.25) is 0 Å². The van der Waals surface area contributed by atoms with E-state index in [4.69, 9.17) is 9.47 Å². The molecule has 1 heterocycles. The lowest BCUT2D eigenvalue weighted by Gasteiger charge is -2.18. The maximum atomic E-state index is 13.0. The van der Waals surface area contributed by atoms with Crippen molar-refractivity contribution in [2.75, 3.05) is 18.1 Å². The highest BCUT2D eigenvalue weighted by molar-refractivity contribution is 6.10. The van der Waals surface area contributed by atoms with E-state index in [1.165, 1.54) is 5.56 Å². The minimum absolute atomic E-state index is 0.0281. The fourth-order valence-electron chi connectivity index (χ4n) is 3.84. The van der Waals surface area contributed by atoms with Crippen LogP contribution in [-0.4, -0.2) is 25.1 Å². The molecule has 1 amide bonds. The lowest BCUT2D eigenvalue weighted by Crippen LogP contribution is -2.23. The van der Waals surface area contributed by atoms with Crippen LogP contribution in [-0.2, 0) is 16.1 Å². The topological polar surface area (TPSA) is 55.8 Å². The number of benzene rings is 2. The number of hydrogen-bond donors (Lipinski definition) is 0. The minimum atomic E-state index is -0.119. The Kier molecular flexibility index (Phi) is 8.10. The molecule has 31 heavy (non-hydrogen) atoms. The second kappa shape index (κ2) is 11.0. The molecule has 0 radical (unpaired) electrons. The van der Waals surface area contributed by atoms with Crippen LogP contribution in [0.1, 0.15) is 80.3 Å². The summed E-state index contributed by atoms with van der Waals surface area (Å²) in [6.45, 7) is 7.71. The van der Waals surface area contributed by atoms with E-state index < -0.39 is 0 Å². The molecular formula is C26H33NO4. The number of fused-ring (bicyclic) bond motifs is 1. The molecule has 0 N–H and O–H groups in total. The summed E-state index contributed by atoms with van der Waals surface area (Å²) in [6.07, 6.45) is 4.23. The average molecular weight is 424 g/mol. The number of esters is 1. The molecule has 0 saturated heterocycles. The first-order chi connectivity index (χ1) is 15.0. The second-order valence-electron chi connectivity index (χ2n) is 8.24. The number of ether oxygens (including phenoxy) is 2. The van der Waals surface area contributed by atoms with Crippen LogP contribution in [0.25, 0.3) is 0 Å². The summed E-state index contributed by atoms with van der Waals surface area (Å²) in [5.74, 6) is 1.11.